The molecule has 68 valence electrons. The molecule has 0 radical (unpaired) electrons. The first kappa shape index (κ1) is 9.72. The molecule has 1 aromatic rings. The highest BCUT2D eigenvalue weighted by Gasteiger charge is 2.17. The topological polar surface area (TPSA) is 12.9 Å². The van der Waals surface area contributed by atoms with E-state index in [1.807, 2.05) is 6.20 Å². The molecule has 0 aliphatic rings. The van der Waals surface area contributed by atoms with Crippen molar-refractivity contribution in [1.82, 2.24) is 4.98 Å². The fourth-order valence-electron chi connectivity index (χ4n) is 1.48. The second kappa shape index (κ2) is 3.56. The van der Waals surface area contributed by atoms with Gasteiger partial charge in [0.25, 0.3) is 0 Å². The van der Waals surface area contributed by atoms with Gasteiger partial charge in [-0.25, -0.2) is 4.98 Å². The third-order valence-electron chi connectivity index (χ3n) is 1.79. The number of aromatic nitrogens is 1. The van der Waals surface area contributed by atoms with E-state index in [9.17, 15) is 0 Å². The zero-order chi connectivity index (χ0) is 9.19. The molecule has 0 fully saturated rings. The molecule has 0 aliphatic carbocycles. The maximum absolute atomic E-state index is 4.32. The van der Waals surface area contributed by atoms with Crippen molar-refractivity contribution in [3.05, 3.63) is 16.6 Å². The lowest BCUT2D eigenvalue weighted by Crippen LogP contribution is -2.09. The molecule has 0 aliphatic heterocycles. The zero-order valence-corrected chi connectivity index (χ0v) is 9.11. The molecule has 2 heteroatoms. The molecule has 1 aromatic heterocycles. The minimum absolute atomic E-state index is 0.408. The summed E-state index contributed by atoms with van der Waals surface area (Å²) in [6, 6.07) is 0. The number of nitrogens with zero attached hydrogens (tertiary/aromatic N) is 1. The Labute approximate surface area is 78.8 Å². The SMILES string of the molecule is CC(CC(C)(C)C)c1nccs1. The van der Waals surface area contributed by atoms with E-state index in [2.05, 4.69) is 38.1 Å². The van der Waals surface area contributed by atoms with E-state index in [4.69, 9.17) is 0 Å². The highest BCUT2D eigenvalue weighted by Crippen LogP contribution is 2.31. The standard InChI is InChI=1S/C10H17NS/c1-8(7-10(2,3)4)9-11-5-6-12-9/h5-6,8H,7H2,1-4H3. The van der Waals surface area contributed by atoms with Crippen LogP contribution in [0.5, 0.6) is 0 Å². The van der Waals surface area contributed by atoms with Crippen LogP contribution in [0.15, 0.2) is 11.6 Å². The normalized spacial score (nSPS) is 14.7. The predicted octanol–water partition coefficient (Wildman–Crippen LogP) is 3.68. The Balaban J connectivity index is 2.56. The van der Waals surface area contributed by atoms with E-state index >= 15 is 0 Å². The Morgan fingerprint density at radius 2 is 2.17 bits per heavy atom. The number of rotatable bonds is 2. The van der Waals surface area contributed by atoms with Gasteiger partial charge in [0, 0.05) is 17.5 Å². The van der Waals surface area contributed by atoms with E-state index in [-0.39, 0.29) is 0 Å². The Hall–Kier alpha value is -0.370. The fraction of sp³-hybridized carbons (Fsp3) is 0.700. The molecule has 0 bridgehead atoms. The average Bonchev–Trinajstić information content (AvgIpc) is 2.32. The van der Waals surface area contributed by atoms with Crippen molar-refractivity contribution in [1.29, 1.82) is 0 Å². The summed E-state index contributed by atoms with van der Waals surface area (Å²) in [6.07, 6.45) is 3.10. The Bertz CT molecular complexity index is 220. The molecule has 0 saturated heterocycles. The fourth-order valence-corrected chi connectivity index (χ4v) is 2.18. The first-order chi connectivity index (χ1) is 5.49. The van der Waals surface area contributed by atoms with E-state index in [1.54, 1.807) is 11.3 Å². The van der Waals surface area contributed by atoms with Gasteiger partial charge in [0.15, 0.2) is 0 Å². The molecule has 0 N–H and O–H groups in total. The maximum Gasteiger partial charge on any atom is 0.0953 e. The van der Waals surface area contributed by atoms with Crippen LogP contribution in [0, 0.1) is 5.41 Å². The van der Waals surface area contributed by atoms with Crippen molar-refractivity contribution >= 4 is 11.3 Å². The predicted molar refractivity (Wildman–Crippen MR) is 54.6 cm³/mol. The van der Waals surface area contributed by atoms with Crippen LogP contribution in [0.1, 0.15) is 45.0 Å². The van der Waals surface area contributed by atoms with Gasteiger partial charge >= 0.3 is 0 Å². The summed E-state index contributed by atoms with van der Waals surface area (Å²) in [7, 11) is 0. The molecule has 0 aromatic carbocycles. The molecule has 0 saturated carbocycles. The summed E-state index contributed by atoms with van der Waals surface area (Å²) in [6.45, 7) is 9.08. The second-order valence-corrected chi connectivity index (χ2v) is 5.46. The Morgan fingerprint density at radius 3 is 2.58 bits per heavy atom. The van der Waals surface area contributed by atoms with Gasteiger partial charge in [-0.1, -0.05) is 27.7 Å². The summed E-state index contributed by atoms with van der Waals surface area (Å²) in [5.41, 5.74) is 0.408. The Morgan fingerprint density at radius 1 is 1.50 bits per heavy atom. The van der Waals surface area contributed by atoms with Crippen LogP contribution in [0.25, 0.3) is 0 Å². The molecular formula is C10H17NS. The lowest BCUT2D eigenvalue weighted by molar-refractivity contribution is 0.348. The van der Waals surface area contributed by atoms with Gasteiger partial charge in [-0.05, 0) is 11.8 Å². The van der Waals surface area contributed by atoms with Crippen molar-refractivity contribution in [2.75, 3.05) is 0 Å². The summed E-state index contributed by atoms with van der Waals surface area (Å²) in [5.74, 6) is 0.602. The van der Waals surface area contributed by atoms with Crippen LogP contribution < -0.4 is 0 Å². The lowest BCUT2D eigenvalue weighted by atomic mass is 9.86. The molecule has 1 unspecified atom stereocenters. The van der Waals surface area contributed by atoms with Gasteiger partial charge in [0.2, 0.25) is 0 Å². The monoisotopic (exact) mass is 183 g/mol. The minimum atomic E-state index is 0.408. The van der Waals surface area contributed by atoms with Gasteiger partial charge in [-0.2, -0.15) is 0 Å². The molecule has 0 amide bonds. The zero-order valence-electron chi connectivity index (χ0n) is 8.29. The highest BCUT2D eigenvalue weighted by molar-refractivity contribution is 7.09. The van der Waals surface area contributed by atoms with Crippen molar-refractivity contribution in [2.45, 2.75) is 40.0 Å². The molecule has 1 nitrogen and oxygen atoms in total. The van der Waals surface area contributed by atoms with Crippen LogP contribution in [0.3, 0.4) is 0 Å². The molecular weight excluding hydrogens is 166 g/mol. The van der Waals surface area contributed by atoms with E-state index in [0.717, 1.165) is 0 Å². The second-order valence-electron chi connectivity index (χ2n) is 4.54. The van der Waals surface area contributed by atoms with Gasteiger partial charge in [-0.3, -0.25) is 0 Å². The number of hydrogen-bond acceptors (Lipinski definition) is 2. The van der Waals surface area contributed by atoms with Crippen LogP contribution in [0.2, 0.25) is 0 Å². The van der Waals surface area contributed by atoms with Crippen LogP contribution in [-0.2, 0) is 0 Å². The largest absolute Gasteiger partial charge is 0.249 e. The van der Waals surface area contributed by atoms with Gasteiger partial charge < -0.3 is 0 Å². The van der Waals surface area contributed by atoms with E-state index < -0.39 is 0 Å². The molecule has 1 heterocycles. The quantitative estimate of drug-likeness (QED) is 0.681. The molecule has 1 rings (SSSR count). The van der Waals surface area contributed by atoms with Crippen molar-refractivity contribution in [3.63, 3.8) is 0 Å². The first-order valence-corrected chi connectivity index (χ1v) is 5.26. The summed E-state index contributed by atoms with van der Waals surface area (Å²) in [4.78, 5) is 4.32. The van der Waals surface area contributed by atoms with Crippen LogP contribution in [0.4, 0.5) is 0 Å². The minimum Gasteiger partial charge on any atom is -0.249 e. The highest BCUT2D eigenvalue weighted by atomic mass is 32.1. The molecule has 0 spiro atoms. The smallest absolute Gasteiger partial charge is 0.0953 e. The van der Waals surface area contributed by atoms with Gasteiger partial charge in [0.1, 0.15) is 0 Å². The van der Waals surface area contributed by atoms with Crippen molar-refractivity contribution in [3.8, 4) is 0 Å². The van der Waals surface area contributed by atoms with Crippen molar-refractivity contribution in [2.24, 2.45) is 5.41 Å². The van der Waals surface area contributed by atoms with Crippen molar-refractivity contribution < 1.29 is 0 Å². The molecule has 12 heavy (non-hydrogen) atoms. The number of hydrogen-bond donors (Lipinski definition) is 0. The third kappa shape index (κ3) is 2.94. The maximum atomic E-state index is 4.32. The summed E-state index contributed by atoms with van der Waals surface area (Å²) >= 11 is 1.76. The average molecular weight is 183 g/mol. The Kier molecular flexibility index (Phi) is 2.89. The summed E-state index contributed by atoms with van der Waals surface area (Å²) < 4.78 is 0. The third-order valence-corrected chi connectivity index (χ3v) is 2.80. The van der Waals surface area contributed by atoms with Crippen LogP contribution in [-0.4, -0.2) is 4.98 Å². The van der Waals surface area contributed by atoms with Gasteiger partial charge in [0.05, 0.1) is 5.01 Å². The van der Waals surface area contributed by atoms with E-state index in [0.29, 0.717) is 11.3 Å². The number of thiazole rings is 1. The lowest BCUT2D eigenvalue weighted by Gasteiger charge is -2.21. The first-order valence-electron chi connectivity index (χ1n) is 4.38. The van der Waals surface area contributed by atoms with E-state index in [1.165, 1.54) is 11.4 Å². The molecule has 1 atom stereocenters. The van der Waals surface area contributed by atoms with Crippen LogP contribution >= 0.6 is 11.3 Å². The van der Waals surface area contributed by atoms with Gasteiger partial charge in [-0.15, -0.1) is 11.3 Å². The summed E-state index contributed by atoms with van der Waals surface area (Å²) in [5, 5.41) is 3.32.